The van der Waals surface area contributed by atoms with E-state index in [1.54, 1.807) is 5.19 Å². The van der Waals surface area contributed by atoms with Gasteiger partial charge in [-0.1, -0.05) is 66.8 Å². The van der Waals surface area contributed by atoms with Crippen LogP contribution in [0.15, 0.2) is 23.8 Å². The standard InChI is InChI=1S/C23H28NOSi2/c1-13-11-16-9-8-10-17(18(16)12-13)19-14(2)21-15(3)22(20(19)23(24)25)27(6,7)26(21,4)5/h8-10,12,24H,11H2,1-7H3. The van der Waals surface area contributed by atoms with Crippen molar-refractivity contribution in [1.82, 2.24) is 5.73 Å². The fourth-order valence-electron chi connectivity index (χ4n) is 5.69. The van der Waals surface area contributed by atoms with Crippen LogP contribution in [0.4, 0.5) is 0 Å². The van der Waals surface area contributed by atoms with E-state index in [0.29, 0.717) is 5.56 Å². The first-order valence-corrected chi connectivity index (χ1v) is 16.7. The van der Waals surface area contributed by atoms with Gasteiger partial charge in [-0.15, -0.1) is 0 Å². The second-order valence-electron chi connectivity index (χ2n) is 9.37. The number of fused-ring (bicyclic) bond motifs is 3. The van der Waals surface area contributed by atoms with Crippen molar-refractivity contribution in [2.75, 3.05) is 0 Å². The quantitative estimate of drug-likeness (QED) is 0.706. The second kappa shape index (κ2) is 5.55. The monoisotopic (exact) mass is 390 g/mol. The van der Waals surface area contributed by atoms with Gasteiger partial charge in [-0.2, -0.15) is 0 Å². The molecule has 4 rings (SSSR count). The van der Waals surface area contributed by atoms with Gasteiger partial charge in [0.25, 0.3) is 5.91 Å². The molecule has 27 heavy (non-hydrogen) atoms. The van der Waals surface area contributed by atoms with Gasteiger partial charge in [0.2, 0.25) is 0 Å². The molecule has 2 bridgehead atoms. The smallest absolute Gasteiger partial charge is 0.267 e. The number of hydrogen-bond acceptors (Lipinski definition) is 1. The molecule has 1 N–H and O–H groups in total. The van der Waals surface area contributed by atoms with Gasteiger partial charge in [-0.25, -0.2) is 0 Å². The summed E-state index contributed by atoms with van der Waals surface area (Å²) in [7, 11) is -3.47. The highest BCUT2D eigenvalue weighted by Crippen LogP contribution is 2.41. The number of carbonyl (C=O) groups excluding carboxylic acids is 1. The molecule has 0 aromatic heterocycles. The van der Waals surface area contributed by atoms with Crippen molar-refractivity contribution in [2.45, 2.75) is 53.4 Å². The molecule has 2 aliphatic rings. The molecule has 2 aromatic carbocycles. The Kier molecular flexibility index (Phi) is 3.79. The van der Waals surface area contributed by atoms with Crippen LogP contribution in [0, 0.1) is 13.8 Å². The average Bonchev–Trinajstić information content (AvgIpc) is 2.97. The van der Waals surface area contributed by atoms with E-state index in [4.69, 9.17) is 5.73 Å². The highest BCUT2D eigenvalue weighted by molar-refractivity contribution is 7.52. The summed E-state index contributed by atoms with van der Waals surface area (Å²) in [6.45, 7) is 16.4. The van der Waals surface area contributed by atoms with Crippen LogP contribution in [0.2, 0.25) is 26.2 Å². The Labute approximate surface area is 164 Å². The normalized spacial score (nSPS) is 18.4. The molecule has 1 heterocycles. The van der Waals surface area contributed by atoms with Gasteiger partial charge in [0.15, 0.2) is 0 Å². The van der Waals surface area contributed by atoms with Gasteiger partial charge in [-0.05, 0) is 60.2 Å². The lowest BCUT2D eigenvalue weighted by molar-refractivity contribution is 0.0993. The van der Waals surface area contributed by atoms with E-state index < -0.39 is 21.1 Å². The van der Waals surface area contributed by atoms with E-state index in [1.807, 2.05) is 0 Å². The zero-order chi connectivity index (χ0) is 19.9. The Morgan fingerprint density at radius 3 is 2.22 bits per heavy atom. The summed E-state index contributed by atoms with van der Waals surface area (Å²) in [4.78, 5) is 12.7. The number of benzene rings is 2. The summed E-state index contributed by atoms with van der Waals surface area (Å²) in [5.74, 6) is -0.513. The van der Waals surface area contributed by atoms with E-state index in [1.165, 1.54) is 33.0 Å². The SMILES string of the molecule is CC1=Cc2c(cccc2-c2c(C)c3c(C)c(c2C([NH])=O)[Si](C)(C)[Si]3(C)C)C1. The minimum Gasteiger partial charge on any atom is -0.267 e. The Bertz CT molecular complexity index is 1060. The summed E-state index contributed by atoms with van der Waals surface area (Å²) in [6.07, 6.45) is 3.25. The Hall–Kier alpha value is -1.92. The molecule has 2 aromatic rings. The van der Waals surface area contributed by atoms with Crippen molar-refractivity contribution in [1.29, 1.82) is 0 Å². The molecule has 0 saturated carbocycles. The molecule has 0 saturated heterocycles. The zero-order valence-electron chi connectivity index (χ0n) is 17.4. The van der Waals surface area contributed by atoms with Gasteiger partial charge >= 0.3 is 0 Å². The van der Waals surface area contributed by atoms with Gasteiger partial charge in [0, 0.05) is 5.56 Å². The second-order valence-corrected chi connectivity index (χ2v) is 24.4. The molecule has 0 spiro atoms. The molecule has 1 radical (unpaired) electrons. The van der Waals surface area contributed by atoms with Crippen LogP contribution in [0.1, 0.15) is 39.5 Å². The Morgan fingerprint density at radius 2 is 1.59 bits per heavy atom. The molecular formula is C23H28NOSi2. The van der Waals surface area contributed by atoms with Crippen molar-refractivity contribution in [3.05, 3.63) is 51.6 Å². The van der Waals surface area contributed by atoms with Crippen LogP contribution in [-0.2, 0) is 6.42 Å². The third kappa shape index (κ3) is 2.20. The van der Waals surface area contributed by atoms with Crippen molar-refractivity contribution >= 4 is 37.5 Å². The highest BCUT2D eigenvalue weighted by Gasteiger charge is 2.54. The van der Waals surface area contributed by atoms with Crippen LogP contribution in [0.3, 0.4) is 0 Å². The molecule has 139 valence electrons. The van der Waals surface area contributed by atoms with E-state index in [2.05, 4.69) is 71.2 Å². The van der Waals surface area contributed by atoms with E-state index >= 15 is 0 Å². The van der Waals surface area contributed by atoms with Crippen molar-refractivity contribution in [2.24, 2.45) is 0 Å². The van der Waals surface area contributed by atoms with Crippen LogP contribution in [0.25, 0.3) is 17.2 Å². The number of amides is 1. The van der Waals surface area contributed by atoms with Crippen LogP contribution in [-0.4, -0.2) is 21.1 Å². The molecule has 2 nitrogen and oxygen atoms in total. The summed E-state index contributed by atoms with van der Waals surface area (Å²) in [6, 6.07) is 6.46. The Morgan fingerprint density at radius 1 is 0.963 bits per heavy atom. The van der Waals surface area contributed by atoms with Gasteiger partial charge in [0.1, 0.15) is 0 Å². The van der Waals surface area contributed by atoms with Crippen molar-refractivity contribution in [3.8, 4) is 11.1 Å². The lowest BCUT2D eigenvalue weighted by atomic mass is 9.88. The van der Waals surface area contributed by atoms with Crippen molar-refractivity contribution < 1.29 is 4.79 Å². The molecule has 1 amide bonds. The lowest BCUT2D eigenvalue weighted by Gasteiger charge is -2.33. The van der Waals surface area contributed by atoms with Crippen molar-refractivity contribution in [3.63, 3.8) is 0 Å². The molecule has 0 fully saturated rings. The number of rotatable bonds is 2. The first-order chi connectivity index (χ1) is 12.5. The number of nitrogens with one attached hydrogen (secondary N) is 1. The van der Waals surface area contributed by atoms with E-state index in [0.717, 1.165) is 17.5 Å². The average molecular weight is 391 g/mol. The predicted molar refractivity (Wildman–Crippen MR) is 120 cm³/mol. The van der Waals surface area contributed by atoms with E-state index in [-0.39, 0.29) is 0 Å². The lowest BCUT2D eigenvalue weighted by Crippen LogP contribution is -2.64. The third-order valence-electron chi connectivity index (χ3n) is 7.37. The minimum atomic E-state index is -1.80. The van der Waals surface area contributed by atoms with Gasteiger partial charge in [0.05, 0.1) is 15.2 Å². The Balaban J connectivity index is 2.19. The maximum absolute atomic E-state index is 12.7. The van der Waals surface area contributed by atoms with Crippen LogP contribution in [0.5, 0.6) is 0 Å². The number of hydrogen-bond donors (Lipinski definition) is 0. The van der Waals surface area contributed by atoms with Gasteiger partial charge < -0.3 is 0 Å². The van der Waals surface area contributed by atoms with Gasteiger partial charge in [-0.3, -0.25) is 10.5 Å². The molecule has 0 atom stereocenters. The maximum atomic E-state index is 12.7. The summed E-state index contributed by atoms with van der Waals surface area (Å²) < 4.78 is 0. The minimum absolute atomic E-state index is 0.513. The predicted octanol–water partition coefficient (Wildman–Crippen LogP) is 4.28. The summed E-state index contributed by atoms with van der Waals surface area (Å²) >= 11 is 0. The fourth-order valence-corrected chi connectivity index (χ4v) is 16.9. The zero-order valence-corrected chi connectivity index (χ0v) is 19.4. The van der Waals surface area contributed by atoms with Crippen LogP contribution >= 0.6 is 0 Å². The summed E-state index contributed by atoms with van der Waals surface area (Å²) in [5.41, 5.74) is 17.6. The molecule has 4 heteroatoms. The number of allylic oxidation sites excluding steroid dienone is 1. The summed E-state index contributed by atoms with van der Waals surface area (Å²) in [5, 5.41) is 2.82. The molecular weight excluding hydrogens is 362 g/mol. The molecule has 1 aliphatic heterocycles. The largest absolute Gasteiger partial charge is 0.270 e. The maximum Gasteiger partial charge on any atom is 0.270 e. The molecule has 0 unspecified atom stereocenters. The fraction of sp³-hybridized carbons (Fsp3) is 0.348. The van der Waals surface area contributed by atoms with Crippen LogP contribution < -0.4 is 16.1 Å². The first kappa shape index (κ1) is 18.4. The molecule has 1 aliphatic carbocycles. The number of carbonyl (C=O) groups is 1. The first-order valence-electron chi connectivity index (χ1n) is 9.73. The topological polar surface area (TPSA) is 40.9 Å². The highest BCUT2D eigenvalue weighted by atomic mass is 29.3. The third-order valence-corrected chi connectivity index (χ3v) is 25.2. The van der Waals surface area contributed by atoms with E-state index in [9.17, 15) is 4.79 Å².